The van der Waals surface area contributed by atoms with Gasteiger partial charge in [0.05, 0.1) is 23.1 Å². The molecule has 1 saturated carbocycles. The highest BCUT2D eigenvalue weighted by molar-refractivity contribution is 6.24. The van der Waals surface area contributed by atoms with Crippen LogP contribution in [0.3, 0.4) is 0 Å². The van der Waals surface area contributed by atoms with E-state index in [1.165, 1.54) is 43.3 Å². The fourth-order valence-electron chi connectivity index (χ4n) is 6.62. The average Bonchev–Trinajstić information content (AvgIpc) is 3.38. The summed E-state index contributed by atoms with van der Waals surface area (Å²) in [4.78, 5) is 53.4. The van der Waals surface area contributed by atoms with Crippen LogP contribution in [0.25, 0.3) is 0 Å². The van der Waals surface area contributed by atoms with E-state index in [1.807, 2.05) is 0 Å². The van der Waals surface area contributed by atoms with E-state index in [-0.39, 0.29) is 29.4 Å². The molecular formula is C29H29F3N2O5. The maximum atomic E-state index is 13.9. The number of carbonyl (C=O) groups is 4. The molecule has 2 aromatic rings. The van der Waals surface area contributed by atoms with Crippen molar-refractivity contribution >= 4 is 29.3 Å². The Morgan fingerprint density at radius 2 is 1.69 bits per heavy atom. The first-order chi connectivity index (χ1) is 18.4. The summed E-state index contributed by atoms with van der Waals surface area (Å²) in [6.45, 7) is 1.38. The fourth-order valence-corrected chi connectivity index (χ4v) is 6.62. The van der Waals surface area contributed by atoms with Gasteiger partial charge in [-0.3, -0.25) is 24.5 Å². The van der Waals surface area contributed by atoms with Crippen LogP contribution in [0.1, 0.15) is 73.0 Å². The van der Waals surface area contributed by atoms with Crippen LogP contribution in [-0.2, 0) is 20.6 Å². The lowest BCUT2D eigenvalue weighted by Gasteiger charge is -2.35. The van der Waals surface area contributed by atoms with Crippen LogP contribution in [0.5, 0.6) is 0 Å². The van der Waals surface area contributed by atoms with Crippen LogP contribution in [0, 0.1) is 17.8 Å². The molecule has 2 aromatic carbocycles. The quantitative estimate of drug-likeness (QED) is 0.387. The zero-order valence-electron chi connectivity index (χ0n) is 21.3. The molecule has 206 valence electrons. The third-order valence-electron chi connectivity index (χ3n) is 8.48. The number of hydrogen-bond donors (Lipinski definition) is 2. The van der Waals surface area contributed by atoms with Crippen molar-refractivity contribution in [2.45, 2.75) is 63.2 Å². The highest BCUT2D eigenvalue weighted by Crippen LogP contribution is 2.53. The number of anilines is 1. The molecule has 4 atom stereocenters. The van der Waals surface area contributed by atoms with E-state index in [1.54, 1.807) is 0 Å². The Kier molecular flexibility index (Phi) is 6.86. The Morgan fingerprint density at radius 3 is 2.28 bits per heavy atom. The summed E-state index contributed by atoms with van der Waals surface area (Å²) in [5.41, 5.74) is -2.09. The molecule has 0 aromatic heterocycles. The first-order valence-electron chi connectivity index (χ1n) is 13.1. The molecule has 2 aliphatic heterocycles. The number of alkyl halides is 3. The number of amides is 2. The average molecular weight is 543 g/mol. The standard InChI is InChI=1S/C29H29F3N2O5/c1-16(35)18-10-12-21(13-11-18)34-25(36)22-23(26(34)37)28(27(38)39,15-17-6-3-2-4-7-17)33-24(22)19-8-5-9-20(14-19)29(30,31)32/h5,8-14,17,22-24,33H,2-4,6-7,15H2,1H3,(H,38,39). The van der Waals surface area contributed by atoms with Crippen molar-refractivity contribution in [3.05, 3.63) is 65.2 Å². The Bertz CT molecular complexity index is 1320. The molecule has 0 spiro atoms. The lowest BCUT2D eigenvalue weighted by atomic mass is 9.72. The van der Waals surface area contributed by atoms with E-state index in [0.29, 0.717) is 5.56 Å². The van der Waals surface area contributed by atoms with Crippen LogP contribution in [-0.4, -0.2) is 34.2 Å². The van der Waals surface area contributed by atoms with Crippen molar-refractivity contribution in [1.82, 2.24) is 5.32 Å². The number of halogens is 3. The minimum Gasteiger partial charge on any atom is -0.480 e. The highest BCUT2D eigenvalue weighted by atomic mass is 19.4. The lowest BCUT2D eigenvalue weighted by molar-refractivity contribution is -0.150. The second-order valence-electron chi connectivity index (χ2n) is 10.8. The number of imide groups is 1. The molecule has 1 aliphatic carbocycles. The molecular weight excluding hydrogens is 513 g/mol. The molecule has 5 rings (SSSR count). The van der Waals surface area contributed by atoms with E-state index in [9.17, 15) is 37.5 Å². The summed E-state index contributed by atoms with van der Waals surface area (Å²) in [6, 6.07) is 9.19. The monoisotopic (exact) mass is 542 g/mol. The molecule has 39 heavy (non-hydrogen) atoms. The number of ketones is 1. The summed E-state index contributed by atoms with van der Waals surface area (Å²) in [5, 5.41) is 13.6. The Balaban J connectivity index is 1.61. The number of nitrogens with one attached hydrogen (secondary N) is 1. The largest absolute Gasteiger partial charge is 0.480 e. The second-order valence-corrected chi connectivity index (χ2v) is 10.8. The summed E-state index contributed by atoms with van der Waals surface area (Å²) in [7, 11) is 0. The molecule has 2 saturated heterocycles. The second kappa shape index (κ2) is 9.89. The zero-order chi connectivity index (χ0) is 28.1. The maximum Gasteiger partial charge on any atom is 0.416 e. The van der Waals surface area contributed by atoms with Crippen molar-refractivity contribution in [1.29, 1.82) is 0 Å². The zero-order valence-corrected chi connectivity index (χ0v) is 21.3. The molecule has 4 unspecified atom stereocenters. The van der Waals surface area contributed by atoms with Crippen LogP contribution in [0.15, 0.2) is 48.5 Å². The molecule has 7 nitrogen and oxygen atoms in total. The van der Waals surface area contributed by atoms with Gasteiger partial charge in [-0.25, -0.2) is 4.90 Å². The van der Waals surface area contributed by atoms with Crippen molar-refractivity contribution < 1.29 is 37.5 Å². The topological polar surface area (TPSA) is 104 Å². The predicted molar refractivity (Wildman–Crippen MR) is 135 cm³/mol. The summed E-state index contributed by atoms with van der Waals surface area (Å²) < 4.78 is 40.7. The maximum absolute atomic E-state index is 13.9. The number of carbonyl (C=O) groups excluding carboxylic acids is 3. The van der Waals surface area contributed by atoms with Gasteiger partial charge in [0.25, 0.3) is 0 Å². The molecule has 2 N–H and O–H groups in total. The Hall–Kier alpha value is -3.53. The molecule has 0 radical (unpaired) electrons. The summed E-state index contributed by atoms with van der Waals surface area (Å²) in [5.74, 6) is -5.42. The van der Waals surface area contributed by atoms with E-state index in [2.05, 4.69) is 5.32 Å². The minimum atomic E-state index is -4.64. The van der Waals surface area contributed by atoms with Gasteiger partial charge in [0.15, 0.2) is 5.78 Å². The number of rotatable bonds is 6. The number of benzene rings is 2. The van der Waals surface area contributed by atoms with E-state index in [0.717, 1.165) is 49.1 Å². The molecule has 3 aliphatic rings. The van der Waals surface area contributed by atoms with Crippen LogP contribution < -0.4 is 10.2 Å². The van der Waals surface area contributed by atoms with Gasteiger partial charge >= 0.3 is 12.1 Å². The first-order valence-corrected chi connectivity index (χ1v) is 13.1. The number of nitrogens with zero attached hydrogens (tertiary/aromatic N) is 1. The third kappa shape index (κ3) is 4.64. The first kappa shape index (κ1) is 27.1. The van der Waals surface area contributed by atoms with Crippen molar-refractivity contribution in [3.8, 4) is 0 Å². The van der Waals surface area contributed by atoms with Gasteiger partial charge < -0.3 is 5.11 Å². The molecule has 2 heterocycles. The van der Waals surface area contributed by atoms with Crippen LogP contribution >= 0.6 is 0 Å². The van der Waals surface area contributed by atoms with Gasteiger partial charge in [0.1, 0.15) is 5.54 Å². The highest BCUT2D eigenvalue weighted by Gasteiger charge is 2.69. The summed E-state index contributed by atoms with van der Waals surface area (Å²) in [6.07, 6.45) is -0.110. The normalized spacial score (nSPS) is 27.6. The third-order valence-corrected chi connectivity index (χ3v) is 8.48. The molecule has 0 bridgehead atoms. The van der Waals surface area contributed by atoms with Crippen molar-refractivity contribution in [2.24, 2.45) is 17.8 Å². The fraction of sp³-hybridized carbons (Fsp3) is 0.448. The molecule has 3 fully saturated rings. The van der Waals surface area contributed by atoms with Crippen LogP contribution in [0.2, 0.25) is 0 Å². The van der Waals surface area contributed by atoms with Crippen molar-refractivity contribution in [2.75, 3.05) is 4.90 Å². The van der Waals surface area contributed by atoms with Gasteiger partial charge in [0, 0.05) is 11.6 Å². The lowest BCUT2D eigenvalue weighted by Crippen LogP contribution is -2.57. The van der Waals surface area contributed by atoms with Gasteiger partial charge in [-0.2, -0.15) is 13.2 Å². The van der Waals surface area contributed by atoms with E-state index < -0.39 is 52.9 Å². The number of Topliss-reactive ketones (excluding diaryl/α,β-unsaturated/α-hetero) is 1. The predicted octanol–water partition coefficient (Wildman–Crippen LogP) is 5.15. The molecule has 10 heteroatoms. The minimum absolute atomic E-state index is 0.00457. The molecule has 2 amide bonds. The Morgan fingerprint density at radius 1 is 1.03 bits per heavy atom. The SMILES string of the molecule is CC(=O)c1ccc(N2C(=O)C3C(c4cccc(C(F)(F)F)c4)NC(CC4CCCCC4)(C(=O)O)C3C2=O)cc1. The number of carboxylic acid groups (broad SMARTS) is 1. The van der Waals surface area contributed by atoms with E-state index in [4.69, 9.17) is 0 Å². The van der Waals surface area contributed by atoms with Crippen molar-refractivity contribution in [3.63, 3.8) is 0 Å². The van der Waals surface area contributed by atoms with Gasteiger partial charge in [0.2, 0.25) is 11.8 Å². The smallest absolute Gasteiger partial charge is 0.416 e. The number of aliphatic carboxylic acids is 1. The Labute approximate surface area is 223 Å². The van der Waals surface area contributed by atoms with Crippen LogP contribution in [0.4, 0.5) is 18.9 Å². The number of fused-ring (bicyclic) bond motifs is 1. The van der Waals surface area contributed by atoms with Gasteiger partial charge in [-0.05, 0) is 61.2 Å². The van der Waals surface area contributed by atoms with Gasteiger partial charge in [-0.15, -0.1) is 0 Å². The van der Waals surface area contributed by atoms with E-state index >= 15 is 0 Å². The number of hydrogen-bond acceptors (Lipinski definition) is 5. The van der Waals surface area contributed by atoms with Gasteiger partial charge in [-0.1, -0.05) is 44.2 Å². The number of carboxylic acids is 1. The summed E-state index contributed by atoms with van der Waals surface area (Å²) >= 11 is 0.